The summed E-state index contributed by atoms with van der Waals surface area (Å²) >= 11 is 0. The molecule has 3 heterocycles. The Balaban J connectivity index is 0.00000225. The molecule has 1 fully saturated rings. The van der Waals surface area contributed by atoms with Crippen LogP contribution < -0.4 is 5.32 Å². The first-order valence-corrected chi connectivity index (χ1v) is 8.35. The molecule has 1 saturated heterocycles. The van der Waals surface area contributed by atoms with Crippen molar-refractivity contribution < 1.29 is 9.53 Å². The van der Waals surface area contributed by atoms with Gasteiger partial charge >= 0.3 is 6.09 Å². The number of halogens is 1. The molecule has 0 aromatic carbocycles. The number of nitrogens with zero attached hydrogens (tertiary/aromatic N) is 4. The first kappa shape index (κ1) is 19.7. The van der Waals surface area contributed by atoms with E-state index >= 15 is 0 Å². The lowest BCUT2D eigenvalue weighted by Crippen LogP contribution is -2.57. The van der Waals surface area contributed by atoms with Gasteiger partial charge in [-0.3, -0.25) is 9.98 Å². The summed E-state index contributed by atoms with van der Waals surface area (Å²) in [6.45, 7) is 9.07. The number of hydrogen-bond acceptors (Lipinski definition) is 6. The lowest BCUT2D eigenvalue weighted by molar-refractivity contribution is 0.0137. The Bertz CT molecular complexity index is 617. The van der Waals surface area contributed by atoms with Gasteiger partial charge in [0.05, 0.1) is 24.8 Å². The van der Waals surface area contributed by atoms with Gasteiger partial charge in [0.1, 0.15) is 5.60 Å². The minimum atomic E-state index is -0.463. The number of carbonyl (C=O) groups is 1. The lowest BCUT2D eigenvalue weighted by atomic mass is 10.2. The smallest absolute Gasteiger partial charge is 0.410 e. The maximum Gasteiger partial charge on any atom is 0.410 e. The number of ether oxygens (including phenoxy) is 1. The van der Waals surface area contributed by atoms with Crippen molar-refractivity contribution in [3.8, 4) is 0 Å². The molecule has 138 valence electrons. The van der Waals surface area contributed by atoms with E-state index < -0.39 is 5.60 Å². The second-order valence-electron chi connectivity index (χ2n) is 7.11. The average Bonchev–Trinajstić information content (AvgIpc) is 2.94. The molecule has 0 radical (unpaired) electrons. The van der Waals surface area contributed by atoms with Crippen LogP contribution in [0.4, 0.5) is 4.79 Å². The van der Waals surface area contributed by atoms with Crippen LogP contribution in [0.25, 0.3) is 0 Å². The normalized spacial score (nSPS) is 19.6. The monoisotopic (exact) mass is 459 g/mol. The first-order valence-electron chi connectivity index (χ1n) is 8.35. The molecule has 1 amide bonds. The second kappa shape index (κ2) is 8.20. The van der Waals surface area contributed by atoms with Gasteiger partial charge in [0, 0.05) is 25.8 Å². The molecule has 1 atom stereocenters. The first-order chi connectivity index (χ1) is 11.4. The fourth-order valence-corrected chi connectivity index (χ4v) is 2.90. The summed E-state index contributed by atoms with van der Waals surface area (Å²) < 4.78 is 5.47. The largest absolute Gasteiger partial charge is 0.444 e. The number of fused-ring (bicyclic) bond motifs is 1. The minimum Gasteiger partial charge on any atom is -0.444 e. The van der Waals surface area contributed by atoms with Crippen LogP contribution in [0, 0.1) is 0 Å². The predicted molar refractivity (Wildman–Crippen MR) is 107 cm³/mol. The highest BCUT2D eigenvalue weighted by atomic mass is 127. The number of carbonyl (C=O) groups excluding carboxylic acids is 1. The summed E-state index contributed by atoms with van der Waals surface area (Å²) in [7, 11) is 0. The van der Waals surface area contributed by atoms with Crippen LogP contribution in [0.1, 0.15) is 26.5 Å². The summed E-state index contributed by atoms with van der Waals surface area (Å²) in [6, 6.07) is 6.09. The Hall–Kier alpha value is -1.58. The fraction of sp³-hybridized carbons (Fsp3) is 0.588. The predicted octanol–water partition coefficient (Wildman–Crippen LogP) is 2.08. The highest BCUT2D eigenvalue weighted by molar-refractivity contribution is 14.0. The van der Waals surface area contributed by atoms with E-state index in [-0.39, 0.29) is 36.1 Å². The average molecular weight is 459 g/mol. The molecule has 0 spiro atoms. The number of hydrogen-bond donors (Lipinski definition) is 1. The summed E-state index contributed by atoms with van der Waals surface area (Å²) in [6.07, 6.45) is 1.55. The van der Waals surface area contributed by atoms with E-state index in [0.717, 1.165) is 18.2 Å². The van der Waals surface area contributed by atoms with Crippen LogP contribution in [0.15, 0.2) is 29.4 Å². The second-order valence-corrected chi connectivity index (χ2v) is 7.11. The number of nitrogens with one attached hydrogen (secondary N) is 1. The van der Waals surface area contributed by atoms with Crippen LogP contribution in [-0.2, 0) is 11.3 Å². The van der Waals surface area contributed by atoms with Crippen LogP contribution >= 0.6 is 24.0 Å². The quantitative estimate of drug-likeness (QED) is 0.687. The van der Waals surface area contributed by atoms with Gasteiger partial charge in [0.15, 0.2) is 5.96 Å². The van der Waals surface area contributed by atoms with Crippen molar-refractivity contribution in [1.82, 2.24) is 20.1 Å². The molecule has 1 aromatic heterocycles. The van der Waals surface area contributed by atoms with E-state index in [1.54, 1.807) is 11.1 Å². The maximum atomic E-state index is 12.2. The highest BCUT2D eigenvalue weighted by Gasteiger charge is 2.36. The third-order valence-corrected chi connectivity index (χ3v) is 4.01. The summed E-state index contributed by atoms with van der Waals surface area (Å²) in [5.41, 5.74) is 0.520. The Morgan fingerprint density at radius 1 is 1.36 bits per heavy atom. The molecule has 2 aliphatic rings. The molecule has 8 heteroatoms. The Kier molecular flexibility index (Phi) is 6.47. The number of piperazine rings is 1. The van der Waals surface area contributed by atoms with E-state index in [1.807, 2.05) is 39.0 Å². The number of aromatic nitrogens is 1. The van der Waals surface area contributed by atoms with Crippen LogP contribution in [0.2, 0.25) is 0 Å². The van der Waals surface area contributed by atoms with Gasteiger partial charge in [0.2, 0.25) is 0 Å². The van der Waals surface area contributed by atoms with Crippen molar-refractivity contribution in [2.75, 3.05) is 26.2 Å². The molecule has 25 heavy (non-hydrogen) atoms. The molecule has 3 rings (SSSR count). The van der Waals surface area contributed by atoms with Crippen LogP contribution in [0.3, 0.4) is 0 Å². The number of pyridine rings is 1. The maximum absolute atomic E-state index is 12.2. The van der Waals surface area contributed by atoms with Gasteiger partial charge < -0.3 is 19.9 Å². The fourth-order valence-electron chi connectivity index (χ4n) is 2.90. The van der Waals surface area contributed by atoms with E-state index in [9.17, 15) is 4.79 Å². The Morgan fingerprint density at radius 2 is 2.16 bits per heavy atom. The molecule has 2 aliphatic heterocycles. The zero-order valence-electron chi connectivity index (χ0n) is 14.9. The number of guanidine groups is 1. The van der Waals surface area contributed by atoms with Crippen molar-refractivity contribution in [2.24, 2.45) is 4.99 Å². The highest BCUT2D eigenvalue weighted by Crippen LogP contribution is 2.18. The van der Waals surface area contributed by atoms with Gasteiger partial charge in [-0.15, -0.1) is 24.0 Å². The van der Waals surface area contributed by atoms with Crippen molar-refractivity contribution in [2.45, 2.75) is 39.0 Å². The van der Waals surface area contributed by atoms with Crippen molar-refractivity contribution in [3.05, 3.63) is 30.1 Å². The lowest BCUT2D eigenvalue weighted by Gasteiger charge is -2.39. The molecule has 1 N–H and O–H groups in total. The number of rotatable bonds is 2. The molecule has 1 aromatic rings. The number of aliphatic imine (C=N–C) groups is 1. The minimum absolute atomic E-state index is 0. The summed E-state index contributed by atoms with van der Waals surface area (Å²) in [5, 5.41) is 3.36. The van der Waals surface area contributed by atoms with Crippen LogP contribution in [-0.4, -0.2) is 64.7 Å². The Morgan fingerprint density at radius 3 is 2.84 bits per heavy atom. The topological polar surface area (TPSA) is 70.1 Å². The van der Waals surface area contributed by atoms with Gasteiger partial charge in [-0.25, -0.2) is 4.79 Å². The molecule has 0 bridgehead atoms. The molecular weight excluding hydrogens is 433 g/mol. The molecular formula is C17H26IN5O2. The van der Waals surface area contributed by atoms with E-state index in [1.165, 1.54) is 0 Å². The zero-order chi connectivity index (χ0) is 17.2. The SMILES string of the molecule is CC(C)(C)OC(=O)N1CCN2C(NCc3ccccn3)=NCC2C1.I. The third kappa shape index (κ3) is 5.20. The van der Waals surface area contributed by atoms with Gasteiger partial charge in [-0.2, -0.15) is 0 Å². The Labute approximate surface area is 165 Å². The van der Waals surface area contributed by atoms with Crippen molar-refractivity contribution >= 4 is 36.0 Å². The third-order valence-electron chi connectivity index (χ3n) is 4.01. The molecule has 7 nitrogen and oxygen atoms in total. The molecule has 0 saturated carbocycles. The summed E-state index contributed by atoms with van der Waals surface area (Å²) in [4.78, 5) is 25.1. The van der Waals surface area contributed by atoms with Gasteiger partial charge in [0.25, 0.3) is 0 Å². The van der Waals surface area contributed by atoms with E-state index in [2.05, 4.69) is 20.2 Å². The van der Waals surface area contributed by atoms with Gasteiger partial charge in [-0.05, 0) is 32.9 Å². The molecule has 0 aliphatic carbocycles. The van der Waals surface area contributed by atoms with Crippen molar-refractivity contribution in [3.63, 3.8) is 0 Å². The summed E-state index contributed by atoms with van der Waals surface area (Å²) in [5.74, 6) is 0.898. The standard InChI is InChI=1S/C17H25N5O2.HI/c1-17(2,3)24-16(23)21-8-9-22-14(12-21)11-20-15(22)19-10-13-6-4-5-7-18-13;/h4-7,14H,8-12H2,1-3H3,(H,19,20);1H. The van der Waals surface area contributed by atoms with Crippen molar-refractivity contribution in [1.29, 1.82) is 0 Å². The van der Waals surface area contributed by atoms with Crippen LogP contribution in [0.5, 0.6) is 0 Å². The molecule has 1 unspecified atom stereocenters. The zero-order valence-corrected chi connectivity index (χ0v) is 17.3. The van der Waals surface area contributed by atoms with E-state index in [4.69, 9.17) is 4.74 Å². The number of amides is 1. The van der Waals surface area contributed by atoms with Gasteiger partial charge in [-0.1, -0.05) is 6.07 Å². The van der Waals surface area contributed by atoms with E-state index in [0.29, 0.717) is 26.2 Å².